The maximum absolute atomic E-state index is 9.29. The van der Waals surface area contributed by atoms with Crippen LogP contribution in [0.1, 0.15) is 27.7 Å². The molecule has 0 amide bonds. The molecule has 0 atom stereocenters. The molecule has 4 fully saturated rings. The molecule has 4 saturated heterocycles. The third kappa shape index (κ3) is 46.3. The van der Waals surface area contributed by atoms with Crippen LogP contribution in [0.15, 0.2) is 0 Å². The summed E-state index contributed by atoms with van der Waals surface area (Å²) in [5.74, 6) is 0. The summed E-state index contributed by atoms with van der Waals surface area (Å²) in [7, 11) is -13.1. The van der Waals surface area contributed by atoms with Crippen LogP contribution < -0.4 is 0 Å². The van der Waals surface area contributed by atoms with Gasteiger partial charge in [0, 0.05) is 295 Å². The maximum atomic E-state index is 9.29. The van der Waals surface area contributed by atoms with E-state index in [0.29, 0.717) is 0 Å². The molecule has 4 rings (SSSR count). The standard InChI is InChI=1S/2C8H24O7Si3.C6H20O8Si4.C6H18O5Si2.2C4H12O4Si2.C4H12O3Si.C3H10O4Si2.2C2H6/c2*1-9-16(6,10-2)14-18(8,13-5)15-17(7,11-3)12-4;1-9-16(4,10-2)12-18(6)13-17(5,14-18)11-15(3,7)8;1-7-12(5,8-2)11-13(6,9-3)10-4;2*1-5-9(3)7-10(4,6-2)8-9;1-5-8(4,6-2)7-3;1-5-9(3)6-8(2,4)7-9;2*1-2/h2*1-8H3;7-8H,1-6H3;1-6H3;2*1-4H3;1-4H3;4H,1-3H3;2*1-2H3. The van der Waals surface area contributed by atoms with E-state index < -0.39 is 167 Å². The number of hydrogen-bond donors (Lipinski definition) is 3. The van der Waals surface area contributed by atoms with Gasteiger partial charge in [0.15, 0.2) is 0 Å². The van der Waals surface area contributed by atoms with Crippen LogP contribution in [0.25, 0.3) is 0 Å². The van der Waals surface area contributed by atoms with Gasteiger partial charge in [-0.25, -0.2) is 0 Å². The van der Waals surface area contributed by atoms with E-state index in [1.165, 1.54) is 99.0 Å². The van der Waals surface area contributed by atoms with Gasteiger partial charge >= 0.3 is 167 Å². The van der Waals surface area contributed by atoms with Gasteiger partial charge in [0.2, 0.25) is 0 Å². The van der Waals surface area contributed by atoms with Gasteiger partial charge in [-0.2, -0.15) is 0 Å². The Bertz CT molecular complexity index is 2100. The van der Waals surface area contributed by atoms with E-state index in [1.807, 2.05) is 60.4 Å². The molecule has 42 nitrogen and oxygen atoms in total. The normalized spacial score (nSPS) is 25.7. The zero-order chi connectivity index (χ0) is 87.1. The molecule has 0 aromatic carbocycles. The third-order valence-corrected chi connectivity index (χ3v) is 76.9. The Morgan fingerprint density at radius 1 is 0.194 bits per heavy atom. The summed E-state index contributed by atoms with van der Waals surface area (Å²) in [6.07, 6.45) is 0. The minimum absolute atomic E-state index is 1.22. The Morgan fingerprint density at radius 3 is 0.454 bits per heavy atom. The third-order valence-electron chi connectivity index (χ3n) is 14.5. The van der Waals surface area contributed by atoms with Gasteiger partial charge in [0.25, 0.3) is 0 Å². The van der Waals surface area contributed by atoms with Crippen molar-refractivity contribution >= 4 is 167 Å². The molecular weight excluding hydrogens is 1770 g/mol. The Balaban J connectivity index is -0.000000277. The van der Waals surface area contributed by atoms with Crippen molar-refractivity contribution in [1.29, 1.82) is 0 Å². The molecule has 0 aliphatic carbocycles. The average Bonchev–Trinajstić information content (AvgIpc) is 0.754. The van der Waals surface area contributed by atoms with E-state index in [1.54, 1.807) is 163 Å². The summed E-state index contributed by atoms with van der Waals surface area (Å²) in [6.45, 7) is 40.9. The zero-order valence-corrected chi connectivity index (χ0v) is 92.8. The van der Waals surface area contributed by atoms with E-state index in [2.05, 4.69) is 0 Å². The first-order valence-corrected chi connectivity index (χ1v) is 75.4. The predicted molar refractivity (Wildman–Crippen MR) is 435 cm³/mol. The second kappa shape index (κ2) is 53.3. The van der Waals surface area contributed by atoms with Crippen molar-refractivity contribution in [2.24, 2.45) is 0 Å². The first-order chi connectivity index (χ1) is 49.1. The van der Waals surface area contributed by atoms with E-state index >= 15 is 0 Å². The lowest BCUT2D eigenvalue weighted by Crippen LogP contribution is -2.75. The Hall–Kier alpha value is 2.44. The fourth-order valence-corrected chi connectivity index (χ4v) is 62.4. The molecule has 0 spiro atoms. The molecule has 0 unspecified atom stereocenters. The smallest absolute Gasteiger partial charge is 0.391 e. The van der Waals surface area contributed by atoms with Crippen molar-refractivity contribution in [3.8, 4) is 0 Å². The van der Waals surface area contributed by atoms with Crippen molar-refractivity contribution in [3.05, 3.63) is 0 Å². The van der Waals surface area contributed by atoms with Gasteiger partial charge in [-0.1, -0.05) is 27.7 Å². The van der Waals surface area contributed by atoms with Crippen LogP contribution in [-0.4, -0.2) is 352 Å². The van der Waals surface area contributed by atoms with Crippen LogP contribution in [0.4, 0.5) is 0 Å². The molecule has 4 aliphatic rings. The summed E-state index contributed by atoms with van der Waals surface area (Å²) in [5.41, 5.74) is 0. The highest BCUT2D eigenvalue weighted by atomic mass is 28.6. The van der Waals surface area contributed by atoms with E-state index in [0.717, 1.165) is 0 Å². The summed E-state index contributed by atoms with van der Waals surface area (Å²) in [6, 6.07) is 0. The van der Waals surface area contributed by atoms with Crippen molar-refractivity contribution < 1.29 is 182 Å². The molecule has 0 bridgehead atoms. The monoisotopic (exact) mass is 1910 g/mol. The lowest BCUT2D eigenvalue weighted by atomic mass is 11.0. The molecule has 4 aliphatic heterocycles. The van der Waals surface area contributed by atoms with E-state index in [9.17, 15) is 9.59 Å². The number of hydrogen-bond acceptors (Lipinski definition) is 42. The molecule has 660 valence electrons. The second-order valence-corrected chi connectivity index (χ2v) is 78.0. The van der Waals surface area contributed by atoms with Crippen LogP contribution in [-0.2, 0) is 168 Å². The molecule has 0 aromatic heterocycles. The van der Waals surface area contributed by atoms with Gasteiger partial charge in [-0.05, 0) is 0 Å². The second-order valence-electron chi connectivity index (χ2n) is 22.9. The SMILES string of the molecule is CC.CC.CO[Si](C)(OC)OC.CO[Si](C)(OC)O[Si](C)(OC)OC.CO[Si](C)(OC)O[Si](C)(OC)O[Si](C)(OC)OC.CO[Si](C)(OC)O[Si](C)(OC)O[Si](C)(OC)OC.CO[Si](C)(OC)O[Si]1(C)O[Si](C)(O[Si](C)(O)O)O1.CO[Si]1(C)O[Si](C)(O)O1.CO[Si]1(C)O[Si](C)(OC)O1.CO[Si]1(C)O[Si](C)(OC)O1. The van der Waals surface area contributed by atoms with Gasteiger partial charge in [-0.3, -0.25) is 0 Å². The molecule has 0 aromatic rings. The van der Waals surface area contributed by atoms with E-state index in [4.69, 9.17) is 173 Å². The number of rotatable bonds is 38. The minimum atomic E-state index is -3.67. The minimum Gasteiger partial charge on any atom is -0.391 e. The topological polar surface area (TPSA) is 421 Å². The zero-order valence-electron chi connectivity index (χ0n) is 73.8. The van der Waals surface area contributed by atoms with Gasteiger partial charge in [0.1, 0.15) is 0 Å². The maximum Gasteiger partial charge on any atom is 0.496 e. The molecule has 4 heterocycles. The predicted octanol–water partition coefficient (Wildman–Crippen LogP) is 5.54. The molecule has 0 radical (unpaired) electrons. The highest BCUT2D eigenvalue weighted by Crippen LogP contribution is 2.37. The van der Waals surface area contributed by atoms with Crippen LogP contribution >= 0.6 is 0 Å². The summed E-state index contributed by atoms with van der Waals surface area (Å²) in [4.78, 5) is 27.6. The van der Waals surface area contributed by atoms with Crippen molar-refractivity contribution in [3.63, 3.8) is 0 Å². The van der Waals surface area contributed by atoms with Gasteiger partial charge in [-0.15, -0.1) is 0 Å². The molecular formula is C47H144O42Si19. The van der Waals surface area contributed by atoms with E-state index in [-0.39, 0.29) is 0 Å². The Morgan fingerprint density at radius 2 is 0.333 bits per heavy atom. The molecule has 61 heteroatoms. The van der Waals surface area contributed by atoms with Crippen molar-refractivity contribution in [1.82, 2.24) is 0 Å². The van der Waals surface area contributed by atoms with Crippen molar-refractivity contribution in [2.45, 2.75) is 152 Å². The first kappa shape index (κ1) is 121. The Kier molecular flexibility index (Phi) is 59.8. The van der Waals surface area contributed by atoms with Crippen LogP contribution in [0.3, 0.4) is 0 Å². The highest BCUT2D eigenvalue weighted by Gasteiger charge is 2.67. The fraction of sp³-hybridized carbons (Fsp3) is 1.00. The van der Waals surface area contributed by atoms with Crippen LogP contribution in [0.5, 0.6) is 0 Å². The molecule has 108 heavy (non-hydrogen) atoms. The molecule has 3 N–H and O–H groups in total. The first-order valence-electron chi connectivity index (χ1n) is 33.0. The largest absolute Gasteiger partial charge is 0.496 e. The summed E-state index contributed by atoms with van der Waals surface area (Å²) < 4.78 is 206. The lowest BCUT2D eigenvalue weighted by Gasteiger charge is -2.49. The summed E-state index contributed by atoms with van der Waals surface area (Å²) >= 11 is 0. The van der Waals surface area contributed by atoms with Crippen molar-refractivity contribution in [2.75, 3.05) is 171 Å². The highest BCUT2D eigenvalue weighted by molar-refractivity contribution is 6.93. The van der Waals surface area contributed by atoms with Crippen LogP contribution in [0, 0.1) is 0 Å². The van der Waals surface area contributed by atoms with Crippen LogP contribution in [0.2, 0.25) is 124 Å². The Labute approximate surface area is 668 Å². The van der Waals surface area contributed by atoms with Gasteiger partial charge < -0.3 is 182 Å². The quantitative estimate of drug-likeness (QED) is 0.0638. The average molecular weight is 1920 g/mol. The molecule has 0 saturated carbocycles. The fourth-order valence-electron chi connectivity index (χ4n) is 7.24. The lowest BCUT2D eigenvalue weighted by molar-refractivity contribution is 0.0402. The van der Waals surface area contributed by atoms with Gasteiger partial charge in [0.05, 0.1) is 0 Å². The summed E-state index contributed by atoms with van der Waals surface area (Å²) in [5, 5.41) is 0.